The van der Waals surface area contributed by atoms with Gasteiger partial charge in [-0.2, -0.15) is 0 Å². The van der Waals surface area contributed by atoms with Crippen molar-refractivity contribution in [2.45, 2.75) is 26.7 Å². The van der Waals surface area contributed by atoms with Gasteiger partial charge < -0.3 is 0 Å². The molecule has 0 unspecified atom stereocenters. The molecule has 1 aliphatic heterocycles. The van der Waals surface area contributed by atoms with Gasteiger partial charge in [-0.1, -0.05) is 26.0 Å². The molecule has 0 N–H and O–H groups in total. The molecule has 2 amide bonds. The second kappa shape index (κ2) is 8.26. The van der Waals surface area contributed by atoms with Gasteiger partial charge in [-0.15, -0.1) is 0 Å². The molecule has 6 heteroatoms. The quantitative estimate of drug-likeness (QED) is 0.707. The lowest BCUT2D eigenvalue weighted by Crippen LogP contribution is -2.41. The summed E-state index contributed by atoms with van der Waals surface area (Å²) in [6.07, 6.45) is 3.58. The largest absolute Gasteiger partial charge is 0.294 e. The number of benzene rings is 1. The molecular weight excluding hydrogens is 315 g/mol. The van der Waals surface area contributed by atoms with Gasteiger partial charge in [0.25, 0.3) is 11.1 Å². The van der Waals surface area contributed by atoms with E-state index in [0.29, 0.717) is 17.1 Å². The molecule has 0 radical (unpaired) electrons. The van der Waals surface area contributed by atoms with Crippen molar-refractivity contribution in [3.8, 4) is 0 Å². The Morgan fingerprint density at radius 1 is 1.13 bits per heavy atom. The Balaban J connectivity index is 2.11. The SMILES string of the molecule is CCCN(CCC)CN1C(=O)SC(=Cc2ccc(F)cc2)C1=O. The zero-order valence-corrected chi connectivity index (χ0v) is 14.2. The topological polar surface area (TPSA) is 40.6 Å². The second-order valence-corrected chi connectivity index (χ2v) is 6.41. The number of carbonyl (C=O) groups excluding carboxylic acids is 2. The fourth-order valence-corrected chi connectivity index (χ4v) is 3.25. The van der Waals surface area contributed by atoms with E-state index in [0.717, 1.165) is 37.7 Å². The molecule has 1 saturated heterocycles. The number of carbonyl (C=O) groups is 2. The van der Waals surface area contributed by atoms with Crippen LogP contribution < -0.4 is 0 Å². The van der Waals surface area contributed by atoms with E-state index in [4.69, 9.17) is 0 Å². The number of rotatable bonds is 7. The van der Waals surface area contributed by atoms with E-state index in [9.17, 15) is 14.0 Å². The number of amides is 2. The average molecular weight is 336 g/mol. The summed E-state index contributed by atoms with van der Waals surface area (Å²) in [4.78, 5) is 28.3. The minimum atomic E-state index is -0.329. The van der Waals surface area contributed by atoms with Gasteiger partial charge in [0.15, 0.2) is 0 Å². The highest BCUT2D eigenvalue weighted by molar-refractivity contribution is 8.18. The third kappa shape index (κ3) is 4.65. The van der Waals surface area contributed by atoms with Crippen LogP contribution in [0.3, 0.4) is 0 Å². The maximum absolute atomic E-state index is 12.9. The van der Waals surface area contributed by atoms with E-state index in [1.54, 1.807) is 18.2 Å². The summed E-state index contributed by atoms with van der Waals surface area (Å²) in [5.74, 6) is -0.605. The van der Waals surface area contributed by atoms with Gasteiger partial charge >= 0.3 is 0 Å². The Hall–Kier alpha value is -1.66. The first kappa shape index (κ1) is 17.7. The first-order valence-electron chi connectivity index (χ1n) is 7.78. The van der Waals surface area contributed by atoms with Gasteiger partial charge in [0, 0.05) is 0 Å². The number of thioether (sulfide) groups is 1. The molecule has 23 heavy (non-hydrogen) atoms. The molecule has 1 aliphatic rings. The maximum atomic E-state index is 12.9. The monoisotopic (exact) mass is 336 g/mol. The van der Waals surface area contributed by atoms with Gasteiger partial charge in [0.05, 0.1) is 11.6 Å². The molecule has 4 nitrogen and oxygen atoms in total. The highest BCUT2D eigenvalue weighted by Crippen LogP contribution is 2.32. The van der Waals surface area contributed by atoms with E-state index >= 15 is 0 Å². The van der Waals surface area contributed by atoms with Crippen molar-refractivity contribution in [1.82, 2.24) is 9.80 Å². The van der Waals surface area contributed by atoms with Gasteiger partial charge in [0.2, 0.25) is 0 Å². The van der Waals surface area contributed by atoms with E-state index in [1.165, 1.54) is 17.0 Å². The summed E-state index contributed by atoms with van der Waals surface area (Å²) < 4.78 is 12.9. The Morgan fingerprint density at radius 2 is 1.74 bits per heavy atom. The van der Waals surface area contributed by atoms with Crippen molar-refractivity contribution in [3.05, 3.63) is 40.6 Å². The fourth-order valence-electron chi connectivity index (χ4n) is 2.42. The zero-order valence-electron chi connectivity index (χ0n) is 13.4. The molecule has 1 aromatic rings. The smallest absolute Gasteiger partial charge is 0.286 e. The Labute approximate surface area is 140 Å². The van der Waals surface area contributed by atoms with Crippen LogP contribution >= 0.6 is 11.8 Å². The summed E-state index contributed by atoms with van der Waals surface area (Å²) in [5, 5.41) is -0.249. The van der Waals surface area contributed by atoms with Crippen LogP contribution in [0.5, 0.6) is 0 Å². The molecule has 1 fully saturated rings. The Kier molecular flexibility index (Phi) is 6.36. The number of hydrogen-bond acceptors (Lipinski definition) is 4. The molecule has 1 aromatic carbocycles. The summed E-state index contributed by atoms with van der Waals surface area (Å²) in [6.45, 7) is 6.18. The van der Waals surface area contributed by atoms with Crippen molar-refractivity contribution in [1.29, 1.82) is 0 Å². The van der Waals surface area contributed by atoms with Crippen LogP contribution in [0.4, 0.5) is 9.18 Å². The molecule has 0 bridgehead atoms. The minimum Gasteiger partial charge on any atom is -0.286 e. The van der Waals surface area contributed by atoms with Crippen LogP contribution in [0.15, 0.2) is 29.2 Å². The number of hydrogen-bond donors (Lipinski definition) is 0. The zero-order chi connectivity index (χ0) is 16.8. The van der Waals surface area contributed by atoms with Crippen molar-refractivity contribution in [2.75, 3.05) is 19.8 Å². The van der Waals surface area contributed by atoms with Crippen molar-refractivity contribution >= 4 is 29.0 Å². The lowest BCUT2D eigenvalue weighted by molar-refractivity contribution is -0.124. The van der Waals surface area contributed by atoms with Crippen LogP contribution in [0.25, 0.3) is 6.08 Å². The first-order chi connectivity index (χ1) is 11.0. The number of halogens is 1. The molecule has 0 atom stereocenters. The molecule has 0 spiro atoms. The molecule has 0 aliphatic carbocycles. The Bertz CT molecular complexity index is 595. The molecule has 2 rings (SSSR count). The summed E-state index contributed by atoms with van der Waals surface area (Å²) in [6, 6.07) is 5.84. The van der Waals surface area contributed by atoms with Crippen LogP contribution in [0.2, 0.25) is 0 Å². The van der Waals surface area contributed by atoms with Crippen LogP contribution in [0, 0.1) is 5.82 Å². The summed E-state index contributed by atoms with van der Waals surface area (Å²) in [7, 11) is 0. The minimum absolute atomic E-state index is 0.249. The summed E-state index contributed by atoms with van der Waals surface area (Å²) >= 11 is 0.937. The van der Waals surface area contributed by atoms with Gasteiger partial charge in [-0.3, -0.25) is 19.4 Å². The van der Waals surface area contributed by atoms with E-state index in [1.807, 2.05) is 0 Å². The maximum Gasteiger partial charge on any atom is 0.294 e. The predicted molar refractivity (Wildman–Crippen MR) is 91.2 cm³/mol. The van der Waals surface area contributed by atoms with Crippen LogP contribution in [-0.2, 0) is 4.79 Å². The predicted octanol–water partition coefficient (Wildman–Crippen LogP) is 3.94. The lowest BCUT2D eigenvalue weighted by Gasteiger charge is -2.25. The molecule has 1 heterocycles. The van der Waals surface area contributed by atoms with E-state index in [2.05, 4.69) is 18.7 Å². The Morgan fingerprint density at radius 3 is 2.30 bits per heavy atom. The second-order valence-electron chi connectivity index (χ2n) is 5.42. The highest BCUT2D eigenvalue weighted by Gasteiger charge is 2.35. The molecule has 124 valence electrons. The standard InChI is InChI=1S/C17H21FN2O2S/c1-3-9-19(10-4-2)12-20-16(21)15(23-17(20)22)11-13-5-7-14(18)8-6-13/h5-8,11H,3-4,9-10,12H2,1-2H3. The van der Waals surface area contributed by atoms with Crippen LogP contribution in [-0.4, -0.2) is 40.7 Å². The van der Waals surface area contributed by atoms with Crippen molar-refractivity contribution in [2.24, 2.45) is 0 Å². The van der Waals surface area contributed by atoms with Gasteiger partial charge in [-0.25, -0.2) is 4.39 Å². The highest BCUT2D eigenvalue weighted by atomic mass is 32.2. The first-order valence-corrected chi connectivity index (χ1v) is 8.60. The fraction of sp³-hybridized carbons (Fsp3) is 0.412. The molecular formula is C17H21FN2O2S. The third-order valence-electron chi connectivity index (χ3n) is 3.46. The van der Waals surface area contributed by atoms with Gasteiger partial charge in [0.1, 0.15) is 5.82 Å². The lowest BCUT2D eigenvalue weighted by atomic mass is 10.2. The summed E-state index contributed by atoms with van der Waals surface area (Å²) in [5.41, 5.74) is 0.705. The number of nitrogens with zero attached hydrogens (tertiary/aromatic N) is 2. The number of imide groups is 1. The molecule has 0 aromatic heterocycles. The van der Waals surface area contributed by atoms with Crippen molar-refractivity contribution < 1.29 is 14.0 Å². The average Bonchev–Trinajstić information content (AvgIpc) is 2.78. The third-order valence-corrected chi connectivity index (χ3v) is 4.37. The normalized spacial score (nSPS) is 16.9. The van der Waals surface area contributed by atoms with Crippen LogP contribution in [0.1, 0.15) is 32.3 Å². The van der Waals surface area contributed by atoms with Crippen molar-refractivity contribution in [3.63, 3.8) is 0 Å². The van der Waals surface area contributed by atoms with Gasteiger partial charge in [-0.05, 0) is 61.5 Å². The molecule has 0 saturated carbocycles. The van der Waals surface area contributed by atoms with E-state index < -0.39 is 0 Å². The van der Waals surface area contributed by atoms with E-state index in [-0.39, 0.29) is 17.0 Å².